The van der Waals surface area contributed by atoms with Crippen LogP contribution in [-0.4, -0.2) is 21.0 Å². The van der Waals surface area contributed by atoms with E-state index >= 15 is 0 Å². The summed E-state index contributed by atoms with van der Waals surface area (Å²) < 4.78 is 0. The van der Waals surface area contributed by atoms with Gasteiger partial charge in [-0.05, 0) is 17.5 Å². The molecule has 2 rings (SSSR count). The third kappa shape index (κ3) is 2.53. The summed E-state index contributed by atoms with van der Waals surface area (Å²) >= 11 is 0. The molecule has 2 aromatic rings. The number of nitrogens with zero attached hydrogens (tertiary/aromatic N) is 2. The third-order valence-corrected chi connectivity index (χ3v) is 2.91. The Labute approximate surface area is 105 Å². The van der Waals surface area contributed by atoms with Crippen molar-refractivity contribution in [2.75, 3.05) is 0 Å². The molecule has 1 heterocycles. The summed E-state index contributed by atoms with van der Waals surface area (Å²) in [4.78, 5) is 19.0. The fourth-order valence-corrected chi connectivity index (χ4v) is 1.91. The molecule has 0 aliphatic rings. The van der Waals surface area contributed by atoms with Crippen molar-refractivity contribution in [3.8, 4) is 11.1 Å². The second kappa shape index (κ2) is 5.40. The highest BCUT2D eigenvalue weighted by atomic mass is 16.4. The third-order valence-electron chi connectivity index (χ3n) is 2.91. The lowest BCUT2D eigenvalue weighted by Crippen LogP contribution is -2.10. The van der Waals surface area contributed by atoms with E-state index < -0.39 is 11.9 Å². The minimum Gasteiger partial charge on any atom is -0.481 e. The van der Waals surface area contributed by atoms with Crippen molar-refractivity contribution in [2.24, 2.45) is 0 Å². The zero-order valence-corrected chi connectivity index (χ0v) is 10.1. The minimum atomic E-state index is -0.784. The Bertz CT molecular complexity index is 523. The summed E-state index contributed by atoms with van der Waals surface area (Å²) in [5.74, 6) is -1.22. The molecule has 0 aliphatic heterocycles. The molecule has 92 valence electrons. The Morgan fingerprint density at radius 2 is 1.78 bits per heavy atom. The standard InChI is InChI=1S/C14H14N2O2/c1-2-13(14(17)18)11-5-3-10(4-6-11)12-7-15-9-16-8-12/h3-9,13H,2H2,1H3,(H,17,18). The van der Waals surface area contributed by atoms with Gasteiger partial charge < -0.3 is 5.11 Å². The number of aromatic nitrogens is 2. The number of aliphatic carboxylic acids is 1. The second-order valence-corrected chi connectivity index (χ2v) is 4.05. The average Bonchev–Trinajstić information content (AvgIpc) is 2.41. The number of rotatable bonds is 4. The molecular formula is C14H14N2O2. The maximum Gasteiger partial charge on any atom is 0.310 e. The first kappa shape index (κ1) is 12.2. The number of carboxylic acids is 1. The van der Waals surface area contributed by atoms with Crippen LogP contribution < -0.4 is 0 Å². The van der Waals surface area contributed by atoms with Crippen molar-refractivity contribution in [2.45, 2.75) is 19.3 Å². The first-order valence-corrected chi connectivity index (χ1v) is 5.80. The van der Waals surface area contributed by atoms with Gasteiger partial charge in [-0.3, -0.25) is 4.79 Å². The molecule has 0 fully saturated rings. The van der Waals surface area contributed by atoms with Crippen molar-refractivity contribution in [1.29, 1.82) is 0 Å². The normalized spacial score (nSPS) is 12.1. The Morgan fingerprint density at radius 1 is 1.17 bits per heavy atom. The predicted octanol–water partition coefficient (Wildman–Crippen LogP) is 2.72. The highest BCUT2D eigenvalue weighted by Crippen LogP contribution is 2.23. The summed E-state index contributed by atoms with van der Waals surface area (Å²) in [5, 5.41) is 9.09. The average molecular weight is 242 g/mol. The van der Waals surface area contributed by atoms with Gasteiger partial charge in [-0.25, -0.2) is 9.97 Å². The van der Waals surface area contributed by atoms with Crippen LogP contribution in [0.25, 0.3) is 11.1 Å². The molecule has 1 aromatic carbocycles. The van der Waals surface area contributed by atoms with E-state index in [2.05, 4.69) is 9.97 Å². The van der Waals surface area contributed by atoms with Gasteiger partial charge in [0.2, 0.25) is 0 Å². The fourth-order valence-electron chi connectivity index (χ4n) is 1.91. The Morgan fingerprint density at radius 3 is 2.28 bits per heavy atom. The quantitative estimate of drug-likeness (QED) is 0.895. The SMILES string of the molecule is CCC(C(=O)O)c1ccc(-c2cncnc2)cc1. The van der Waals surface area contributed by atoms with E-state index in [0.29, 0.717) is 6.42 Å². The Hall–Kier alpha value is -2.23. The molecule has 0 saturated carbocycles. The first-order valence-electron chi connectivity index (χ1n) is 5.80. The highest BCUT2D eigenvalue weighted by molar-refractivity contribution is 5.76. The molecule has 0 spiro atoms. The lowest BCUT2D eigenvalue weighted by molar-refractivity contribution is -0.138. The molecule has 4 heteroatoms. The van der Waals surface area contributed by atoms with E-state index in [-0.39, 0.29) is 0 Å². The van der Waals surface area contributed by atoms with Gasteiger partial charge in [-0.1, -0.05) is 31.2 Å². The summed E-state index contributed by atoms with van der Waals surface area (Å²) in [6.07, 6.45) is 5.53. The number of carboxylic acid groups (broad SMARTS) is 1. The van der Waals surface area contributed by atoms with E-state index in [1.807, 2.05) is 31.2 Å². The molecule has 4 nitrogen and oxygen atoms in total. The molecule has 0 saturated heterocycles. The zero-order chi connectivity index (χ0) is 13.0. The molecule has 0 amide bonds. The van der Waals surface area contributed by atoms with Crippen LogP contribution in [0.15, 0.2) is 43.0 Å². The number of hydrogen-bond donors (Lipinski definition) is 1. The lowest BCUT2D eigenvalue weighted by atomic mass is 9.95. The summed E-state index contributed by atoms with van der Waals surface area (Å²) in [6, 6.07) is 7.51. The minimum absolute atomic E-state index is 0.439. The van der Waals surface area contributed by atoms with Crippen molar-refractivity contribution >= 4 is 5.97 Å². The molecule has 1 unspecified atom stereocenters. The molecular weight excluding hydrogens is 228 g/mol. The predicted molar refractivity (Wildman–Crippen MR) is 68.1 cm³/mol. The zero-order valence-electron chi connectivity index (χ0n) is 10.1. The topological polar surface area (TPSA) is 63.1 Å². The van der Waals surface area contributed by atoms with Gasteiger partial charge in [0.1, 0.15) is 6.33 Å². The second-order valence-electron chi connectivity index (χ2n) is 4.05. The lowest BCUT2D eigenvalue weighted by Gasteiger charge is -2.10. The molecule has 0 aliphatic carbocycles. The van der Waals surface area contributed by atoms with Gasteiger partial charge in [0, 0.05) is 18.0 Å². The number of benzene rings is 1. The molecule has 1 N–H and O–H groups in total. The molecule has 1 aromatic heterocycles. The summed E-state index contributed by atoms with van der Waals surface area (Å²) in [6.45, 7) is 1.87. The van der Waals surface area contributed by atoms with Crippen LogP contribution in [0.4, 0.5) is 0 Å². The van der Waals surface area contributed by atoms with Crippen molar-refractivity contribution in [1.82, 2.24) is 9.97 Å². The molecule has 1 atom stereocenters. The first-order chi connectivity index (χ1) is 8.72. The maximum absolute atomic E-state index is 11.1. The molecule has 0 bridgehead atoms. The van der Waals surface area contributed by atoms with Gasteiger partial charge >= 0.3 is 5.97 Å². The van der Waals surface area contributed by atoms with Gasteiger partial charge in [-0.15, -0.1) is 0 Å². The maximum atomic E-state index is 11.1. The van der Waals surface area contributed by atoms with E-state index in [1.54, 1.807) is 12.4 Å². The van der Waals surface area contributed by atoms with Gasteiger partial charge in [0.25, 0.3) is 0 Å². The van der Waals surface area contributed by atoms with Crippen LogP contribution in [-0.2, 0) is 4.79 Å². The Kier molecular flexibility index (Phi) is 3.67. The van der Waals surface area contributed by atoms with Gasteiger partial charge in [-0.2, -0.15) is 0 Å². The van der Waals surface area contributed by atoms with E-state index in [4.69, 9.17) is 5.11 Å². The van der Waals surface area contributed by atoms with Crippen LogP contribution in [0.2, 0.25) is 0 Å². The van der Waals surface area contributed by atoms with Crippen molar-refractivity contribution in [3.05, 3.63) is 48.5 Å². The van der Waals surface area contributed by atoms with Crippen LogP contribution in [0.5, 0.6) is 0 Å². The van der Waals surface area contributed by atoms with Crippen LogP contribution >= 0.6 is 0 Å². The summed E-state index contributed by atoms with van der Waals surface area (Å²) in [5.41, 5.74) is 2.73. The van der Waals surface area contributed by atoms with E-state index in [0.717, 1.165) is 16.7 Å². The van der Waals surface area contributed by atoms with Crippen LogP contribution in [0, 0.1) is 0 Å². The monoisotopic (exact) mass is 242 g/mol. The van der Waals surface area contributed by atoms with E-state index in [1.165, 1.54) is 6.33 Å². The molecule has 0 radical (unpaired) electrons. The van der Waals surface area contributed by atoms with Crippen LogP contribution in [0.3, 0.4) is 0 Å². The van der Waals surface area contributed by atoms with E-state index in [9.17, 15) is 4.79 Å². The van der Waals surface area contributed by atoms with Crippen molar-refractivity contribution in [3.63, 3.8) is 0 Å². The smallest absolute Gasteiger partial charge is 0.310 e. The Balaban J connectivity index is 2.28. The van der Waals surface area contributed by atoms with Crippen molar-refractivity contribution < 1.29 is 9.90 Å². The van der Waals surface area contributed by atoms with Crippen LogP contribution in [0.1, 0.15) is 24.8 Å². The van der Waals surface area contributed by atoms with Gasteiger partial charge in [0.05, 0.1) is 5.92 Å². The highest BCUT2D eigenvalue weighted by Gasteiger charge is 2.17. The number of hydrogen-bond acceptors (Lipinski definition) is 3. The number of carbonyl (C=O) groups is 1. The van der Waals surface area contributed by atoms with Gasteiger partial charge in [0.15, 0.2) is 0 Å². The largest absolute Gasteiger partial charge is 0.481 e. The molecule has 18 heavy (non-hydrogen) atoms. The fraction of sp³-hybridized carbons (Fsp3) is 0.214. The summed E-state index contributed by atoms with van der Waals surface area (Å²) in [7, 11) is 0.